The summed E-state index contributed by atoms with van der Waals surface area (Å²) in [7, 11) is 0. The van der Waals surface area contributed by atoms with Crippen molar-refractivity contribution in [3.05, 3.63) is 27.7 Å². The van der Waals surface area contributed by atoms with Gasteiger partial charge in [-0.3, -0.25) is 4.79 Å². The molecule has 0 aliphatic heterocycles. The van der Waals surface area contributed by atoms with Gasteiger partial charge in [-0.25, -0.2) is 0 Å². The molecule has 0 amide bonds. The Balaban J connectivity index is 3.10. The summed E-state index contributed by atoms with van der Waals surface area (Å²) in [6, 6.07) is 5.01. The number of hydrogen-bond acceptors (Lipinski definition) is 3. The summed E-state index contributed by atoms with van der Waals surface area (Å²) in [6.07, 6.45) is 0.0738. The number of Topliss-reactive ketones (excluding diaryl/α,β-unsaturated/α-hetero) is 1. The van der Waals surface area contributed by atoms with E-state index in [9.17, 15) is 4.79 Å². The lowest BCUT2D eigenvalue weighted by molar-refractivity contribution is 0.0953. The van der Waals surface area contributed by atoms with Crippen molar-refractivity contribution in [1.82, 2.24) is 0 Å². The molecule has 0 atom stereocenters. The zero-order chi connectivity index (χ0) is 13.2. The lowest BCUT2D eigenvalue weighted by atomic mass is 9.87. The first-order valence-corrected chi connectivity index (χ1v) is 5.71. The normalized spacial score (nSPS) is 11.0. The van der Waals surface area contributed by atoms with E-state index in [1.807, 2.05) is 0 Å². The van der Waals surface area contributed by atoms with E-state index in [1.54, 1.807) is 13.8 Å². The minimum Gasteiger partial charge on any atom is -0.397 e. The topological polar surface area (TPSA) is 66.9 Å². The first-order chi connectivity index (χ1) is 7.76. The van der Waals surface area contributed by atoms with Crippen molar-refractivity contribution in [2.75, 3.05) is 5.73 Å². The van der Waals surface area contributed by atoms with Gasteiger partial charge >= 0.3 is 0 Å². The molecule has 0 aromatic heterocycles. The van der Waals surface area contributed by atoms with Crippen molar-refractivity contribution in [2.24, 2.45) is 5.41 Å². The fourth-order valence-corrected chi connectivity index (χ4v) is 1.85. The van der Waals surface area contributed by atoms with E-state index in [2.05, 4.69) is 6.07 Å². The second kappa shape index (κ2) is 4.95. The van der Waals surface area contributed by atoms with Crippen molar-refractivity contribution in [3.63, 3.8) is 0 Å². The maximum atomic E-state index is 12.0. The summed E-state index contributed by atoms with van der Waals surface area (Å²) in [5.41, 5.74) is 5.45. The van der Waals surface area contributed by atoms with E-state index in [1.165, 1.54) is 12.1 Å². The minimum atomic E-state index is -0.738. The van der Waals surface area contributed by atoms with Gasteiger partial charge in [0.15, 0.2) is 5.78 Å². The Morgan fingerprint density at radius 2 is 2.06 bits per heavy atom. The van der Waals surface area contributed by atoms with Crippen LogP contribution in [0.1, 0.15) is 30.6 Å². The van der Waals surface area contributed by atoms with Gasteiger partial charge in [0.25, 0.3) is 0 Å². The summed E-state index contributed by atoms with van der Waals surface area (Å²) in [5, 5.41) is 9.48. The molecule has 0 spiro atoms. The van der Waals surface area contributed by atoms with E-state index >= 15 is 0 Å². The number of carbonyl (C=O) groups is 1. The Hall–Kier alpha value is -1.24. The predicted molar refractivity (Wildman–Crippen MR) is 69.2 cm³/mol. The van der Waals surface area contributed by atoms with Crippen molar-refractivity contribution in [3.8, 4) is 6.07 Å². The van der Waals surface area contributed by atoms with Crippen molar-refractivity contribution in [2.45, 2.75) is 20.3 Å². The van der Waals surface area contributed by atoms with Gasteiger partial charge in [-0.15, -0.1) is 0 Å². The van der Waals surface area contributed by atoms with E-state index in [4.69, 9.17) is 34.2 Å². The molecule has 0 heterocycles. The second-order valence-corrected chi connectivity index (χ2v) is 5.29. The molecule has 1 aromatic carbocycles. The van der Waals surface area contributed by atoms with Gasteiger partial charge in [-0.05, 0) is 26.0 Å². The number of anilines is 1. The second-order valence-electron chi connectivity index (χ2n) is 4.44. The molecule has 0 unspecified atom stereocenters. The average Bonchev–Trinajstić information content (AvgIpc) is 2.22. The van der Waals surface area contributed by atoms with Gasteiger partial charge in [0, 0.05) is 17.0 Å². The number of ketones is 1. The van der Waals surface area contributed by atoms with Crippen LogP contribution in [0.15, 0.2) is 12.1 Å². The maximum absolute atomic E-state index is 12.0. The molecule has 0 fully saturated rings. The summed E-state index contributed by atoms with van der Waals surface area (Å²) in [4.78, 5) is 12.0. The van der Waals surface area contributed by atoms with E-state index in [-0.39, 0.29) is 28.5 Å². The van der Waals surface area contributed by atoms with Gasteiger partial charge in [0.05, 0.1) is 22.2 Å². The smallest absolute Gasteiger partial charge is 0.166 e. The Morgan fingerprint density at radius 3 is 2.59 bits per heavy atom. The number of rotatable bonds is 3. The van der Waals surface area contributed by atoms with Crippen LogP contribution in [-0.4, -0.2) is 5.78 Å². The summed E-state index contributed by atoms with van der Waals surface area (Å²) >= 11 is 11.7. The van der Waals surface area contributed by atoms with Gasteiger partial charge < -0.3 is 5.73 Å². The zero-order valence-electron chi connectivity index (χ0n) is 9.55. The highest BCUT2D eigenvalue weighted by atomic mass is 35.5. The molecule has 0 radical (unpaired) electrons. The monoisotopic (exact) mass is 270 g/mol. The number of nitrogens with zero attached hydrogens (tertiary/aromatic N) is 1. The molecule has 0 aliphatic rings. The average molecular weight is 271 g/mol. The number of nitrogens with two attached hydrogens (primary N) is 1. The third-order valence-corrected chi connectivity index (χ3v) is 2.83. The highest BCUT2D eigenvalue weighted by Crippen LogP contribution is 2.30. The van der Waals surface area contributed by atoms with E-state index in [0.717, 1.165) is 0 Å². The quantitative estimate of drug-likeness (QED) is 0.673. The minimum absolute atomic E-state index is 0.0738. The van der Waals surface area contributed by atoms with Crippen molar-refractivity contribution < 1.29 is 4.79 Å². The number of halogens is 2. The van der Waals surface area contributed by atoms with Crippen LogP contribution >= 0.6 is 23.2 Å². The zero-order valence-corrected chi connectivity index (χ0v) is 11.1. The van der Waals surface area contributed by atoms with E-state index < -0.39 is 5.41 Å². The molecular formula is C12H12Cl2N2O. The largest absolute Gasteiger partial charge is 0.397 e. The molecule has 90 valence electrons. The Bertz CT molecular complexity index is 504. The van der Waals surface area contributed by atoms with Crippen molar-refractivity contribution >= 4 is 34.7 Å². The van der Waals surface area contributed by atoms with Gasteiger partial charge in [-0.1, -0.05) is 23.2 Å². The van der Waals surface area contributed by atoms with Crippen LogP contribution in [0.25, 0.3) is 0 Å². The SMILES string of the molecule is CC(C)(C#N)CC(=O)c1cc(Cl)cc(Cl)c1N. The third-order valence-electron chi connectivity index (χ3n) is 2.30. The molecule has 0 bridgehead atoms. The Morgan fingerprint density at radius 1 is 1.47 bits per heavy atom. The van der Waals surface area contributed by atoms with Gasteiger partial charge in [0.2, 0.25) is 0 Å². The number of carbonyl (C=O) groups excluding carboxylic acids is 1. The van der Waals surface area contributed by atoms with E-state index in [0.29, 0.717) is 5.02 Å². The summed E-state index contributed by atoms with van der Waals surface area (Å²) < 4.78 is 0. The third kappa shape index (κ3) is 3.36. The van der Waals surface area contributed by atoms with Crippen LogP contribution in [0.4, 0.5) is 5.69 Å². The van der Waals surface area contributed by atoms with Crippen LogP contribution in [0.3, 0.4) is 0 Å². The first-order valence-electron chi connectivity index (χ1n) is 4.96. The van der Waals surface area contributed by atoms with Gasteiger partial charge in [0.1, 0.15) is 0 Å². The summed E-state index contributed by atoms with van der Waals surface area (Å²) in [5.74, 6) is -0.238. The van der Waals surface area contributed by atoms with Gasteiger partial charge in [-0.2, -0.15) is 5.26 Å². The molecule has 0 saturated carbocycles. The summed E-state index contributed by atoms with van der Waals surface area (Å²) in [6.45, 7) is 3.38. The molecule has 1 aromatic rings. The lowest BCUT2D eigenvalue weighted by Crippen LogP contribution is -2.16. The number of hydrogen-bond donors (Lipinski definition) is 1. The molecule has 1 rings (SSSR count). The van der Waals surface area contributed by atoms with Crippen LogP contribution < -0.4 is 5.73 Å². The number of nitriles is 1. The fourth-order valence-electron chi connectivity index (χ4n) is 1.35. The Kier molecular flexibility index (Phi) is 4.03. The molecule has 17 heavy (non-hydrogen) atoms. The van der Waals surface area contributed by atoms with Crippen LogP contribution in [0, 0.1) is 16.7 Å². The Labute approximate surface area is 110 Å². The molecule has 2 N–H and O–H groups in total. The van der Waals surface area contributed by atoms with Crippen LogP contribution in [-0.2, 0) is 0 Å². The molecule has 3 nitrogen and oxygen atoms in total. The van der Waals surface area contributed by atoms with Crippen LogP contribution in [0.2, 0.25) is 10.0 Å². The number of benzene rings is 1. The predicted octanol–water partition coefficient (Wildman–Crippen LogP) is 3.70. The first kappa shape index (κ1) is 13.8. The lowest BCUT2D eigenvalue weighted by Gasteiger charge is -2.15. The maximum Gasteiger partial charge on any atom is 0.166 e. The highest BCUT2D eigenvalue weighted by Gasteiger charge is 2.24. The molecule has 0 saturated heterocycles. The number of nitrogen functional groups attached to an aromatic ring is 1. The standard InChI is InChI=1S/C12H12Cl2N2O/c1-12(2,6-15)5-10(17)8-3-7(13)4-9(14)11(8)16/h3-4H,5,16H2,1-2H3. The molecule has 0 aliphatic carbocycles. The fraction of sp³-hybridized carbons (Fsp3) is 0.333. The highest BCUT2D eigenvalue weighted by molar-refractivity contribution is 6.37. The molecule has 5 heteroatoms. The van der Waals surface area contributed by atoms with Crippen molar-refractivity contribution in [1.29, 1.82) is 5.26 Å². The molecular weight excluding hydrogens is 259 g/mol. The van der Waals surface area contributed by atoms with Crippen LogP contribution in [0.5, 0.6) is 0 Å².